The van der Waals surface area contributed by atoms with E-state index in [1.165, 1.54) is 0 Å². The fourth-order valence-corrected chi connectivity index (χ4v) is 1.07. The van der Waals surface area contributed by atoms with E-state index in [1.54, 1.807) is 7.11 Å². The molecule has 0 aromatic rings. The molecule has 0 saturated heterocycles. The summed E-state index contributed by atoms with van der Waals surface area (Å²) < 4.78 is 15.6. The number of rotatable bonds is 11. The largest absolute Gasteiger partial charge is 0.387 e. The van der Waals surface area contributed by atoms with Gasteiger partial charge in [0.05, 0.1) is 19.0 Å². The Balaban J connectivity index is 3.27. The van der Waals surface area contributed by atoms with Crippen molar-refractivity contribution in [1.82, 2.24) is 0 Å². The second kappa shape index (κ2) is 9.39. The maximum absolute atomic E-state index is 7.40. The highest BCUT2D eigenvalue weighted by atomic mass is 16.5. The van der Waals surface area contributed by atoms with Crippen molar-refractivity contribution in [1.29, 1.82) is 5.41 Å². The molecular formula is C12H26N2O3. The first kappa shape index (κ1) is 16.4. The summed E-state index contributed by atoms with van der Waals surface area (Å²) in [7, 11) is 1.66. The van der Waals surface area contributed by atoms with E-state index in [9.17, 15) is 0 Å². The van der Waals surface area contributed by atoms with Crippen molar-refractivity contribution in [2.75, 3.05) is 40.1 Å². The summed E-state index contributed by atoms with van der Waals surface area (Å²) in [4.78, 5) is 0. The average Bonchev–Trinajstić information content (AvgIpc) is 2.26. The summed E-state index contributed by atoms with van der Waals surface area (Å²) in [5.41, 5.74) is 5.21. The zero-order valence-electron chi connectivity index (χ0n) is 11.3. The van der Waals surface area contributed by atoms with Crippen LogP contribution in [0.15, 0.2) is 0 Å². The Morgan fingerprint density at radius 2 is 1.65 bits per heavy atom. The van der Waals surface area contributed by atoms with Crippen LogP contribution >= 0.6 is 0 Å². The normalized spacial score (nSPS) is 11.7. The second-order valence-corrected chi connectivity index (χ2v) is 4.62. The maximum Gasteiger partial charge on any atom is 0.0963 e. The highest BCUT2D eigenvalue weighted by Crippen LogP contribution is 2.19. The Labute approximate surface area is 104 Å². The van der Waals surface area contributed by atoms with Gasteiger partial charge in [0.2, 0.25) is 0 Å². The van der Waals surface area contributed by atoms with Gasteiger partial charge in [0.15, 0.2) is 0 Å². The van der Waals surface area contributed by atoms with Crippen LogP contribution in [0.5, 0.6) is 0 Å². The molecule has 17 heavy (non-hydrogen) atoms. The van der Waals surface area contributed by atoms with Crippen LogP contribution in [-0.2, 0) is 14.2 Å². The average molecular weight is 246 g/mol. The third kappa shape index (κ3) is 9.09. The fourth-order valence-electron chi connectivity index (χ4n) is 1.07. The van der Waals surface area contributed by atoms with E-state index in [2.05, 4.69) is 0 Å². The zero-order valence-corrected chi connectivity index (χ0v) is 11.3. The van der Waals surface area contributed by atoms with Gasteiger partial charge in [0.25, 0.3) is 0 Å². The lowest BCUT2D eigenvalue weighted by Crippen LogP contribution is -2.32. The first-order chi connectivity index (χ1) is 8.00. The van der Waals surface area contributed by atoms with Gasteiger partial charge >= 0.3 is 0 Å². The highest BCUT2D eigenvalue weighted by molar-refractivity contribution is 5.82. The third-order valence-electron chi connectivity index (χ3n) is 2.61. The van der Waals surface area contributed by atoms with Gasteiger partial charge in [-0.25, -0.2) is 0 Å². The quantitative estimate of drug-likeness (QED) is 0.328. The number of methoxy groups -OCH3 is 1. The molecule has 102 valence electrons. The molecule has 0 aromatic heterocycles. The van der Waals surface area contributed by atoms with E-state index < -0.39 is 0 Å². The first-order valence-corrected chi connectivity index (χ1v) is 5.99. The molecule has 0 aliphatic heterocycles. The van der Waals surface area contributed by atoms with Crippen molar-refractivity contribution < 1.29 is 14.2 Å². The third-order valence-corrected chi connectivity index (χ3v) is 2.61. The number of amidine groups is 1. The van der Waals surface area contributed by atoms with Gasteiger partial charge in [-0.1, -0.05) is 13.8 Å². The van der Waals surface area contributed by atoms with Crippen LogP contribution in [0.2, 0.25) is 0 Å². The minimum atomic E-state index is -0.269. The first-order valence-electron chi connectivity index (χ1n) is 5.99. The Morgan fingerprint density at radius 1 is 1.06 bits per heavy atom. The topological polar surface area (TPSA) is 77.6 Å². The van der Waals surface area contributed by atoms with E-state index >= 15 is 0 Å². The van der Waals surface area contributed by atoms with Crippen LogP contribution in [0.4, 0.5) is 0 Å². The number of nitrogens with two attached hydrogens (primary N) is 1. The number of hydrogen-bond acceptors (Lipinski definition) is 4. The van der Waals surface area contributed by atoms with E-state index in [0.29, 0.717) is 33.0 Å². The summed E-state index contributed by atoms with van der Waals surface area (Å²) in [5, 5.41) is 7.40. The van der Waals surface area contributed by atoms with Gasteiger partial charge < -0.3 is 19.9 Å². The molecule has 0 bridgehead atoms. The molecule has 0 aliphatic carbocycles. The lowest BCUT2D eigenvalue weighted by molar-refractivity contribution is 0.0487. The number of hydrogen-bond donors (Lipinski definition) is 2. The van der Waals surface area contributed by atoms with E-state index in [4.69, 9.17) is 25.4 Å². The van der Waals surface area contributed by atoms with Crippen LogP contribution in [0.25, 0.3) is 0 Å². The Kier molecular flexibility index (Phi) is 9.03. The fraction of sp³-hybridized carbons (Fsp3) is 0.917. The van der Waals surface area contributed by atoms with Gasteiger partial charge in [0, 0.05) is 32.3 Å². The van der Waals surface area contributed by atoms with Crippen LogP contribution in [-0.4, -0.2) is 46.0 Å². The standard InChI is InChI=1S/C12H26N2O3/c1-12(2,11(13)14)5-8-16-6-4-7-17-10-9-15-3/h4-10H2,1-3H3,(H3,13,14). The SMILES string of the molecule is COCCOCCCOCCC(C)(C)C(=N)N. The molecule has 0 fully saturated rings. The Morgan fingerprint density at radius 3 is 2.18 bits per heavy atom. The Hall–Kier alpha value is -0.650. The molecule has 0 unspecified atom stereocenters. The van der Waals surface area contributed by atoms with Gasteiger partial charge in [0.1, 0.15) is 0 Å². The molecule has 0 radical (unpaired) electrons. The zero-order chi connectivity index (χ0) is 13.1. The molecule has 0 saturated carbocycles. The summed E-state index contributed by atoms with van der Waals surface area (Å²) in [6, 6.07) is 0. The van der Waals surface area contributed by atoms with Crippen LogP contribution in [0.1, 0.15) is 26.7 Å². The van der Waals surface area contributed by atoms with Crippen LogP contribution in [0.3, 0.4) is 0 Å². The van der Waals surface area contributed by atoms with Crippen molar-refractivity contribution in [3.63, 3.8) is 0 Å². The van der Waals surface area contributed by atoms with Crippen LogP contribution in [0, 0.1) is 10.8 Å². The van der Waals surface area contributed by atoms with Crippen LogP contribution < -0.4 is 5.73 Å². The van der Waals surface area contributed by atoms with Crippen molar-refractivity contribution in [3.05, 3.63) is 0 Å². The summed E-state index contributed by atoms with van der Waals surface area (Å²) in [5.74, 6) is 0.212. The predicted octanol–water partition coefficient (Wildman–Crippen LogP) is 1.41. The molecule has 5 nitrogen and oxygen atoms in total. The maximum atomic E-state index is 7.40. The van der Waals surface area contributed by atoms with E-state index in [0.717, 1.165) is 12.8 Å². The van der Waals surface area contributed by atoms with Crippen molar-refractivity contribution in [2.45, 2.75) is 26.7 Å². The van der Waals surface area contributed by atoms with Crippen molar-refractivity contribution in [3.8, 4) is 0 Å². The molecule has 5 heteroatoms. The minimum absolute atomic E-state index is 0.212. The van der Waals surface area contributed by atoms with Gasteiger partial charge in [-0.3, -0.25) is 5.41 Å². The summed E-state index contributed by atoms with van der Waals surface area (Å²) in [6.07, 6.45) is 1.65. The monoisotopic (exact) mass is 246 g/mol. The number of ether oxygens (including phenoxy) is 3. The van der Waals surface area contributed by atoms with Crippen molar-refractivity contribution >= 4 is 5.84 Å². The highest BCUT2D eigenvalue weighted by Gasteiger charge is 2.20. The van der Waals surface area contributed by atoms with E-state index in [-0.39, 0.29) is 11.3 Å². The molecule has 0 aliphatic rings. The molecule has 0 heterocycles. The number of nitrogens with one attached hydrogen (secondary N) is 1. The Bertz CT molecular complexity index is 208. The molecule has 0 amide bonds. The second-order valence-electron chi connectivity index (χ2n) is 4.62. The van der Waals surface area contributed by atoms with E-state index in [1.807, 2.05) is 13.8 Å². The molecule has 0 atom stereocenters. The summed E-state index contributed by atoms with van der Waals surface area (Å²) in [6.45, 7) is 7.17. The minimum Gasteiger partial charge on any atom is -0.387 e. The van der Waals surface area contributed by atoms with Crippen molar-refractivity contribution in [2.24, 2.45) is 11.1 Å². The molecular weight excluding hydrogens is 220 g/mol. The molecule has 3 N–H and O–H groups in total. The van der Waals surface area contributed by atoms with Gasteiger partial charge in [-0.15, -0.1) is 0 Å². The predicted molar refractivity (Wildman–Crippen MR) is 68.4 cm³/mol. The van der Waals surface area contributed by atoms with Gasteiger partial charge in [-0.05, 0) is 12.8 Å². The van der Waals surface area contributed by atoms with Gasteiger partial charge in [-0.2, -0.15) is 0 Å². The lowest BCUT2D eigenvalue weighted by Gasteiger charge is -2.22. The molecule has 0 aromatic carbocycles. The molecule has 0 rings (SSSR count). The molecule has 0 spiro atoms. The smallest absolute Gasteiger partial charge is 0.0963 e. The lowest BCUT2D eigenvalue weighted by atomic mass is 9.89. The summed E-state index contributed by atoms with van der Waals surface area (Å²) >= 11 is 0.